The van der Waals surface area contributed by atoms with Crippen LogP contribution in [-0.4, -0.2) is 72.7 Å². The maximum Gasteiger partial charge on any atom is 0.326 e. The Hall–Kier alpha value is -1.14. The smallest absolute Gasteiger partial charge is 0.326 e. The fourth-order valence-corrected chi connectivity index (χ4v) is 2.74. The quantitative estimate of drug-likeness (QED) is 0.534. The number of carbonyl (C=O) groups is 2. The number of amides is 1. The first-order valence-corrected chi connectivity index (χ1v) is 7.81. The first-order chi connectivity index (χ1) is 9.72. The van der Waals surface area contributed by atoms with Gasteiger partial charge in [-0.15, -0.1) is 0 Å². The minimum atomic E-state index is -0.916. The van der Waals surface area contributed by atoms with Crippen LogP contribution in [0.15, 0.2) is 0 Å². The van der Waals surface area contributed by atoms with Gasteiger partial charge in [0.05, 0.1) is 33.7 Å². The third kappa shape index (κ3) is 6.01. The van der Waals surface area contributed by atoms with Crippen LogP contribution < -0.4 is 5.73 Å². The van der Waals surface area contributed by atoms with Crippen molar-refractivity contribution < 1.29 is 19.2 Å². The number of likely N-dealkylation sites (tertiary alicyclic amines) is 1. The van der Waals surface area contributed by atoms with E-state index in [1.807, 2.05) is 0 Å². The van der Waals surface area contributed by atoms with Gasteiger partial charge in [-0.1, -0.05) is 0 Å². The molecule has 1 aliphatic heterocycles. The van der Waals surface area contributed by atoms with Gasteiger partial charge in [-0.2, -0.15) is 0 Å². The molecular weight excluding hydrogens is 270 g/mol. The lowest BCUT2D eigenvalue weighted by atomic mass is 10.00. The lowest BCUT2D eigenvalue weighted by Crippen LogP contribution is -2.53. The third-order valence-electron chi connectivity index (χ3n) is 3.98. The van der Waals surface area contributed by atoms with Gasteiger partial charge in [0, 0.05) is 6.54 Å². The molecule has 6 heteroatoms. The highest BCUT2D eigenvalue weighted by molar-refractivity contribution is 5.87. The number of nitrogens with zero attached hydrogens (tertiary/aromatic N) is 2. The number of unbranched alkanes of at least 4 members (excludes halogenated alkanes) is 1. The molecule has 6 nitrogen and oxygen atoms in total. The Balaban J connectivity index is 2.43. The van der Waals surface area contributed by atoms with Crippen molar-refractivity contribution >= 4 is 11.9 Å². The van der Waals surface area contributed by atoms with Crippen LogP contribution >= 0.6 is 0 Å². The Morgan fingerprint density at radius 2 is 1.95 bits per heavy atom. The number of hydrogen-bond donors (Lipinski definition) is 2. The maximum atomic E-state index is 12.3. The molecule has 0 aromatic carbocycles. The maximum absolute atomic E-state index is 12.3. The van der Waals surface area contributed by atoms with Crippen LogP contribution in [0.25, 0.3) is 0 Å². The lowest BCUT2D eigenvalue weighted by Gasteiger charge is -2.34. The molecule has 2 atom stereocenters. The number of carboxylic acids is 1. The zero-order chi connectivity index (χ0) is 16.0. The van der Waals surface area contributed by atoms with E-state index >= 15 is 0 Å². The van der Waals surface area contributed by atoms with E-state index in [0.717, 1.165) is 36.7 Å². The lowest BCUT2D eigenvalue weighted by molar-refractivity contribution is -0.870. The van der Waals surface area contributed by atoms with Crippen LogP contribution in [0, 0.1) is 0 Å². The highest BCUT2D eigenvalue weighted by Gasteiger charge is 2.33. The van der Waals surface area contributed by atoms with E-state index in [-0.39, 0.29) is 5.91 Å². The molecule has 1 heterocycles. The normalized spacial score (nSPS) is 21.1. The number of rotatable bonds is 7. The van der Waals surface area contributed by atoms with E-state index in [1.165, 1.54) is 4.90 Å². The van der Waals surface area contributed by atoms with Gasteiger partial charge in [0.2, 0.25) is 5.91 Å². The van der Waals surface area contributed by atoms with Crippen molar-refractivity contribution in [3.63, 3.8) is 0 Å². The van der Waals surface area contributed by atoms with Gasteiger partial charge in [-0.25, -0.2) is 4.79 Å². The van der Waals surface area contributed by atoms with Gasteiger partial charge in [-0.05, 0) is 38.5 Å². The SMILES string of the molecule is C[N+](C)(C)CCCC[C@H](N)C(=O)N1CCCC[C@H]1C(=O)O. The Bertz CT molecular complexity index is 366. The number of aliphatic carboxylic acids is 1. The van der Waals surface area contributed by atoms with Crippen molar-refractivity contribution in [1.29, 1.82) is 0 Å². The molecule has 1 amide bonds. The van der Waals surface area contributed by atoms with Gasteiger partial charge < -0.3 is 20.2 Å². The summed E-state index contributed by atoms with van der Waals surface area (Å²) >= 11 is 0. The summed E-state index contributed by atoms with van der Waals surface area (Å²) in [6.45, 7) is 1.56. The fraction of sp³-hybridized carbons (Fsp3) is 0.867. The molecule has 21 heavy (non-hydrogen) atoms. The first kappa shape index (κ1) is 17.9. The van der Waals surface area contributed by atoms with Crippen molar-refractivity contribution in [2.45, 2.75) is 50.6 Å². The van der Waals surface area contributed by atoms with Crippen molar-refractivity contribution in [3.8, 4) is 0 Å². The number of carbonyl (C=O) groups excluding carboxylic acids is 1. The summed E-state index contributed by atoms with van der Waals surface area (Å²) in [5.74, 6) is -1.12. The summed E-state index contributed by atoms with van der Waals surface area (Å²) in [5.41, 5.74) is 5.97. The highest BCUT2D eigenvalue weighted by atomic mass is 16.4. The van der Waals surface area contributed by atoms with Crippen LogP contribution in [0.5, 0.6) is 0 Å². The molecule has 1 saturated heterocycles. The molecule has 0 radical (unpaired) electrons. The zero-order valence-corrected chi connectivity index (χ0v) is 13.5. The second kappa shape index (κ2) is 7.75. The standard InChI is InChI=1S/C15H29N3O3/c1-18(2,3)11-7-5-8-12(16)14(19)17-10-6-4-9-13(17)15(20)21/h12-13H,4-11,16H2,1-3H3/p+1/t12-,13-/m0/s1. The van der Waals surface area contributed by atoms with E-state index in [4.69, 9.17) is 5.73 Å². The molecule has 122 valence electrons. The average molecular weight is 300 g/mol. The summed E-state index contributed by atoms with van der Waals surface area (Å²) in [6, 6.07) is -1.26. The summed E-state index contributed by atoms with van der Waals surface area (Å²) < 4.78 is 0.899. The van der Waals surface area contributed by atoms with Gasteiger partial charge >= 0.3 is 5.97 Å². The summed E-state index contributed by atoms with van der Waals surface area (Å²) in [6.07, 6.45) is 4.81. The van der Waals surface area contributed by atoms with Gasteiger partial charge in [-0.3, -0.25) is 4.79 Å². The predicted molar refractivity (Wildman–Crippen MR) is 81.7 cm³/mol. The molecular formula is C15H30N3O3+. The Labute approximate surface area is 127 Å². The monoisotopic (exact) mass is 300 g/mol. The molecule has 1 rings (SSSR count). The Kier molecular flexibility index (Phi) is 6.61. The van der Waals surface area contributed by atoms with E-state index in [1.54, 1.807) is 0 Å². The van der Waals surface area contributed by atoms with Gasteiger partial charge in [0.1, 0.15) is 6.04 Å². The largest absolute Gasteiger partial charge is 0.480 e. The van der Waals surface area contributed by atoms with Crippen molar-refractivity contribution in [1.82, 2.24) is 4.90 Å². The molecule has 0 spiro atoms. The van der Waals surface area contributed by atoms with Gasteiger partial charge in [0.15, 0.2) is 0 Å². The van der Waals surface area contributed by atoms with Gasteiger partial charge in [0.25, 0.3) is 0 Å². The second-order valence-corrected chi connectivity index (χ2v) is 7.00. The highest BCUT2D eigenvalue weighted by Crippen LogP contribution is 2.19. The van der Waals surface area contributed by atoms with Crippen LogP contribution in [-0.2, 0) is 9.59 Å². The number of quaternary nitrogens is 1. The van der Waals surface area contributed by atoms with E-state index < -0.39 is 18.1 Å². The number of nitrogens with two attached hydrogens (primary N) is 1. The minimum Gasteiger partial charge on any atom is -0.480 e. The molecule has 0 aromatic rings. The number of carboxylic acid groups (broad SMARTS) is 1. The van der Waals surface area contributed by atoms with Crippen molar-refractivity contribution in [3.05, 3.63) is 0 Å². The van der Waals surface area contributed by atoms with Crippen molar-refractivity contribution in [2.75, 3.05) is 34.2 Å². The minimum absolute atomic E-state index is 0.202. The van der Waals surface area contributed by atoms with Crippen LogP contribution in [0.2, 0.25) is 0 Å². The molecule has 0 saturated carbocycles. The van der Waals surface area contributed by atoms with E-state index in [9.17, 15) is 14.7 Å². The van der Waals surface area contributed by atoms with E-state index in [0.29, 0.717) is 19.4 Å². The summed E-state index contributed by atoms with van der Waals surface area (Å²) in [4.78, 5) is 25.0. The molecule has 0 aromatic heterocycles. The molecule has 1 aliphatic rings. The van der Waals surface area contributed by atoms with E-state index in [2.05, 4.69) is 21.1 Å². The summed E-state index contributed by atoms with van der Waals surface area (Å²) in [7, 11) is 6.41. The van der Waals surface area contributed by atoms with Crippen molar-refractivity contribution in [2.24, 2.45) is 5.73 Å². The Morgan fingerprint density at radius 1 is 1.29 bits per heavy atom. The number of hydrogen-bond acceptors (Lipinski definition) is 3. The first-order valence-electron chi connectivity index (χ1n) is 7.81. The summed E-state index contributed by atoms with van der Waals surface area (Å²) in [5, 5.41) is 9.21. The third-order valence-corrected chi connectivity index (χ3v) is 3.98. The number of piperidine rings is 1. The molecule has 0 unspecified atom stereocenters. The second-order valence-electron chi connectivity index (χ2n) is 7.00. The molecule has 3 N–H and O–H groups in total. The van der Waals surface area contributed by atoms with Crippen LogP contribution in [0.4, 0.5) is 0 Å². The molecule has 0 aliphatic carbocycles. The predicted octanol–water partition coefficient (Wildman–Crippen LogP) is 0.656. The fourth-order valence-electron chi connectivity index (χ4n) is 2.74. The van der Waals surface area contributed by atoms with Crippen LogP contribution in [0.1, 0.15) is 38.5 Å². The topological polar surface area (TPSA) is 83.6 Å². The Morgan fingerprint density at radius 3 is 2.52 bits per heavy atom. The van der Waals surface area contributed by atoms with Crippen LogP contribution in [0.3, 0.4) is 0 Å². The zero-order valence-electron chi connectivity index (χ0n) is 13.5. The molecule has 1 fully saturated rings. The average Bonchev–Trinajstić information content (AvgIpc) is 2.41. The molecule has 0 bridgehead atoms.